The van der Waals surface area contributed by atoms with Gasteiger partial charge in [-0.05, 0) is 68.7 Å². The van der Waals surface area contributed by atoms with Gasteiger partial charge in [0.05, 0.1) is 29.4 Å². The number of hydrogen-bond donors (Lipinski definition) is 3. The number of hydroxylamine groups is 1. The summed E-state index contributed by atoms with van der Waals surface area (Å²) < 4.78 is 46.2. The van der Waals surface area contributed by atoms with Gasteiger partial charge in [0.25, 0.3) is 0 Å². The van der Waals surface area contributed by atoms with Crippen molar-refractivity contribution in [2.75, 3.05) is 13.2 Å². The maximum absolute atomic E-state index is 13.3. The highest BCUT2D eigenvalue weighted by molar-refractivity contribution is 5.32. The molecule has 4 rings (SSSR count). The Hall–Kier alpha value is -1.93. The lowest BCUT2D eigenvalue weighted by atomic mass is 9.75. The summed E-state index contributed by atoms with van der Waals surface area (Å²) in [7, 11) is 0. The Labute approximate surface area is 199 Å². The molecule has 2 fully saturated rings. The van der Waals surface area contributed by atoms with Crippen molar-refractivity contribution in [1.82, 2.24) is 10.8 Å². The maximum atomic E-state index is 13.3. The van der Waals surface area contributed by atoms with E-state index in [-0.39, 0.29) is 5.54 Å². The van der Waals surface area contributed by atoms with Crippen molar-refractivity contribution in [2.24, 2.45) is 5.92 Å². The Bertz CT molecular complexity index is 952. The van der Waals surface area contributed by atoms with Crippen molar-refractivity contribution in [3.05, 3.63) is 70.8 Å². The molecule has 3 atom stereocenters. The lowest BCUT2D eigenvalue weighted by molar-refractivity contribution is -0.137. The molecular formula is C27H35F3N2O2. The van der Waals surface area contributed by atoms with Gasteiger partial charge in [0, 0.05) is 6.54 Å². The highest BCUT2D eigenvalue weighted by Gasteiger charge is 2.44. The monoisotopic (exact) mass is 476 g/mol. The number of nitrogens with one attached hydrogen (secondary N) is 2. The van der Waals surface area contributed by atoms with E-state index < -0.39 is 23.4 Å². The van der Waals surface area contributed by atoms with E-state index in [1.165, 1.54) is 18.9 Å². The largest absolute Gasteiger partial charge is 0.416 e. The molecule has 0 unspecified atom stereocenters. The smallest absolute Gasteiger partial charge is 0.372 e. The zero-order valence-electron chi connectivity index (χ0n) is 19.9. The number of hydrogen-bond acceptors (Lipinski definition) is 4. The van der Waals surface area contributed by atoms with Crippen molar-refractivity contribution in [3.63, 3.8) is 0 Å². The average Bonchev–Trinajstić information content (AvgIpc) is 3.66. The molecule has 7 heteroatoms. The van der Waals surface area contributed by atoms with Crippen LogP contribution in [0, 0.1) is 12.8 Å². The van der Waals surface area contributed by atoms with Crippen LogP contribution in [0.1, 0.15) is 73.8 Å². The van der Waals surface area contributed by atoms with Gasteiger partial charge >= 0.3 is 6.18 Å². The lowest BCUT2D eigenvalue weighted by Crippen LogP contribution is -2.62. The van der Waals surface area contributed by atoms with Crippen molar-refractivity contribution >= 4 is 0 Å². The first-order chi connectivity index (χ1) is 16.1. The van der Waals surface area contributed by atoms with Crippen LogP contribution >= 0.6 is 0 Å². The summed E-state index contributed by atoms with van der Waals surface area (Å²) in [6, 6.07) is 14.1. The molecule has 2 aromatic carbocycles. The van der Waals surface area contributed by atoms with Crippen LogP contribution in [-0.4, -0.2) is 23.9 Å². The molecule has 1 aliphatic heterocycles. The molecule has 2 aromatic rings. The molecule has 1 saturated carbocycles. The Morgan fingerprint density at radius 3 is 2.47 bits per heavy atom. The maximum Gasteiger partial charge on any atom is 0.416 e. The van der Waals surface area contributed by atoms with Crippen molar-refractivity contribution in [3.8, 4) is 0 Å². The third kappa shape index (κ3) is 5.82. The van der Waals surface area contributed by atoms with Crippen LogP contribution in [0.4, 0.5) is 13.2 Å². The fourth-order valence-electron chi connectivity index (χ4n) is 5.00. The summed E-state index contributed by atoms with van der Waals surface area (Å²) in [4.78, 5) is 0. The fourth-order valence-corrected chi connectivity index (χ4v) is 5.00. The standard InChI is InChI=1S/C27H35F3N2O2/c1-19-14-22(16-24(15-19)27(28,29)30)20(2)34-18-26(23-6-4-3-5-7-23)13-12-25(32-33,17-31-26)11-10-21-8-9-21/h3-7,14-16,20-21,31-33H,8-13,17-18H2,1-2H3/t20-,25-,26-/m1/s1. The second-order valence-electron chi connectivity index (χ2n) is 10.3. The number of piperidine rings is 1. The zero-order chi connectivity index (χ0) is 24.4. The van der Waals surface area contributed by atoms with Gasteiger partial charge in [0.15, 0.2) is 0 Å². The SMILES string of the molecule is Cc1cc([C@@H](C)OC[C@@]2(c3ccccc3)CC[C@@](CCC3CC3)(NO)CN2)cc(C(F)(F)F)c1. The summed E-state index contributed by atoms with van der Waals surface area (Å²) in [5.74, 6) is 0.783. The summed E-state index contributed by atoms with van der Waals surface area (Å²) in [6.07, 6.45) is 1.21. The van der Waals surface area contributed by atoms with Gasteiger partial charge < -0.3 is 15.3 Å². The summed E-state index contributed by atoms with van der Waals surface area (Å²) >= 11 is 0. The van der Waals surface area contributed by atoms with Crippen LogP contribution in [0.15, 0.2) is 48.5 Å². The van der Waals surface area contributed by atoms with Crippen LogP contribution in [0.2, 0.25) is 0 Å². The first-order valence-corrected chi connectivity index (χ1v) is 12.2. The van der Waals surface area contributed by atoms with Crippen LogP contribution in [-0.2, 0) is 16.5 Å². The minimum Gasteiger partial charge on any atom is -0.372 e. The van der Waals surface area contributed by atoms with E-state index in [4.69, 9.17) is 4.74 Å². The molecule has 4 nitrogen and oxygen atoms in total. The van der Waals surface area contributed by atoms with E-state index in [0.29, 0.717) is 24.3 Å². The Morgan fingerprint density at radius 2 is 1.88 bits per heavy atom. The molecule has 2 aliphatic rings. The Morgan fingerprint density at radius 1 is 1.15 bits per heavy atom. The van der Waals surface area contributed by atoms with Gasteiger partial charge in [0.2, 0.25) is 0 Å². The predicted molar refractivity (Wildman–Crippen MR) is 126 cm³/mol. The molecule has 0 amide bonds. The molecule has 0 bridgehead atoms. The number of halogens is 3. The molecule has 0 aromatic heterocycles. The Balaban J connectivity index is 1.50. The van der Waals surface area contributed by atoms with E-state index in [2.05, 4.69) is 22.9 Å². The minimum atomic E-state index is -4.39. The minimum absolute atomic E-state index is 0.317. The van der Waals surface area contributed by atoms with Gasteiger partial charge in [-0.3, -0.25) is 0 Å². The van der Waals surface area contributed by atoms with Gasteiger partial charge in [-0.15, -0.1) is 0 Å². The summed E-state index contributed by atoms with van der Waals surface area (Å²) in [6.45, 7) is 4.37. The summed E-state index contributed by atoms with van der Waals surface area (Å²) in [5, 5.41) is 13.6. The quantitative estimate of drug-likeness (QED) is 0.373. The molecule has 1 heterocycles. The second-order valence-corrected chi connectivity index (χ2v) is 10.3. The van der Waals surface area contributed by atoms with Crippen LogP contribution in [0.25, 0.3) is 0 Å². The Kier molecular flexibility index (Phi) is 7.38. The van der Waals surface area contributed by atoms with E-state index in [1.54, 1.807) is 19.9 Å². The second kappa shape index (κ2) is 9.97. The zero-order valence-corrected chi connectivity index (χ0v) is 19.9. The highest BCUT2D eigenvalue weighted by atomic mass is 19.4. The van der Waals surface area contributed by atoms with Gasteiger partial charge in [-0.2, -0.15) is 18.7 Å². The highest BCUT2D eigenvalue weighted by Crippen LogP contribution is 2.41. The third-order valence-electron chi connectivity index (χ3n) is 7.56. The van der Waals surface area contributed by atoms with Crippen LogP contribution in [0.5, 0.6) is 0 Å². The molecule has 0 radical (unpaired) electrons. The van der Waals surface area contributed by atoms with Gasteiger partial charge in [0.1, 0.15) is 0 Å². The first-order valence-electron chi connectivity index (χ1n) is 12.2. The van der Waals surface area contributed by atoms with E-state index in [9.17, 15) is 18.4 Å². The van der Waals surface area contributed by atoms with Crippen LogP contribution in [0.3, 0.4) is 0 Å². The topological polar surface area (TPSA) is 53.5 Å². The molecule has 1 aliphatic carbocycles. The molecular weight excluding hydrogens is 441 g/mol. The van der Waals surface area contributed by atoms with Crippen LogP contribution < -0.4 is 10.8 Å². The third-order valence-corrected chi connectivity index (χ3v) is 7.56. The van der Waals surface area contributed by atoms with Gasteiger partial charge in [-0.1, -0.05) is 54.8 Å². The molecule has 0 spiro atoms. The van der Waals surface area contributed by atoms with Crippen molar-refractivity contribution in [1.29, 1.82) is 0 Å². The number of rotatable bonds is 9. The fraction of sp³-hybridized carbons (Fsp3) is 0.556. The average molecular weight is 477 g/mol. The molecule has 186 valence electrons. The van der Waals surface area contributed by atoms with E-state index >= 15 is 0 Å². The predicted octanol–water partition coefficient (Wildman–Crippen LogP) is 6.28. The number of alkyl halides is 3. The lowest BCUT2D eigenvalue weighted by Gasteiger charge is -2.47. The number of aryl methyl sites for hydroxylation is 1. The molecule has 34 heavy (non-hydrogen) atoms. The number of benzene rings is 2. The van der Waals surface area contributed by atoms with Crippen molar-refractivity contribution < 1.29 is 23.1 Å². The molecule has 3 N–H and O–H groups in total. The number of ether oxygens (including phenoxy) is 1. The van der Waals surface area contributed by atoms with Gasteiger partial charge in [-0.25, -0.2) is 0 Å². The van der Waals surface area contributed by atoms with Crippen molar-refractivity contribution in [2.45, 2.75) is 75.7 Å². The first kappa shape index (κ1) is 25.2. The molecule has 1 saturated heterocycles. The summed E-state index contributed by atoms with van der Waals surface area (Å²) in [5.41, 5.74) is 3.25. The normalized spacial score (nSPS) is 26.4. The van der Waals surface area contributed by atoms with E-state index in [1.807, 2.05) is 18.2 Å². The van der Waals surface area contributed by atoms with E-state index in [0.717, 1.165) is 43.2 Å².